The van der Waals surface area contributed by atoms with Crippen LogP contribution in [0.25, 0.3) is 0 Å². The van der Waals surface area contributed by atoms with Gasteiger partial charge in [0.05, 0.1) is 12.1 Å². The van der Waals surface area contributed by atoms with Crippen molar-refractivity contribution in [3.05, 3.63) is 24.3 Å². The molecule has 5 atom stereocenters. The average Bonchev–Trinajstić information content (AvgIpc) is 3.99. The minimum Gasteiger partial charge on any atom is -0.346 e. The highest BCUT2D eigenvalue weighted by Crippen LogP contribution is 2.42. The predicted octanol–water partition coefficient (Wildman–Crippen LogP) is 2.84. The molecule has 3 aliphatic carbocycles. The van der Waals surface area contributed by atoms with Crippen molar-refractivity contribution >= 4 is 35.3 Å². The number of nitrogens with one attached hydrogen (secondary N) is 4. The summed E-state index contributed by atoms with van der Waals surface area (Å²) in [6.45, 7) is 4.03. The maximum Gasteiger partial charge on any atom is 0.316 e. The van der Waals surface area contributed by atoms with Crippen molar-refractivity contribution in [3.63, 3.8) is 0 Å². The molecule has 0 spiro atoms. The third kappa shape index (κ3) is 8.41. The number of amides is 5. The van der Waals surface area contributed by atoms with Crippen molar-refractivity contribution in [2.75, 3.05) is 13.1 Å². The lowest BCUT2D eigenvalue weighted by Crippen LogP contribution is -2.58. The van der Waals surface area contributed by atoms with Crippen molar-refractivity contribution < 1.29 is 28.8 Å². The number of Topliss-reactive ketones (excluding diaryl/α,β-unsaturated/α-hetero) is 2. The monoisotopic (exact) mass is 623 g/mol. The zero-order valence-electron chi connectivity index (χ0n) is 26.3. The van der Waals surface area contributed by atoms with Crippen LogP contribution in [0, 0.1) is 17.8 Å². The van der Waals surface area contributed by atoms with Gasteiger partial charge in [-0.1, -0.05) is 69.9 Å². The topological polar surface area (TPSA) is 154 Å². The number of nitrogens with zero attached hydrogens (tertiary/aromatic N) is 1. The van der Waals surface area contributed by atoms with Crippen LogP contribution in [0.5, 0.6) is 0 Å². The van der Waals surface area contributed by atoms with Crippen LogP contribution in [0.15, 0.2) is 24.3 Å². The Balaban J connectivity index is 1.30. The summed E-state index contributed by atoms with van der Waals surface area (Å²) in [5.74, 6) is -2.09. The fourth-order valence-electron chi connectivity index (χ4n) is 7.29. The van der Waals surface area contributed by atoms with E-state index in [0.717, 1.165) is 82.6 Å². The number of hydrogen-bond donors (Lipinski definition) is 4. The van der Waals surface area contributed by atoms with E-state index in [-0.39, 0.29) is 36.0 Å². The van der Waals surface area contributed by atoms with Gasteiger partial charge in [0.25, 0.3) is 5.91 Å². The summed E-state index contributed by atoms with van der Waals surface area (Å²) in [4.78, 5) is 81.4. The first-order chi connectivity index (χ1) is 21.8. The second-order valence-electron chi connectivity index (χ2n) is 13.5. The van der Waals surface area contributed by atoms with Crippen LogP contribution in [0.2, 0.25) is 0 Å². The fraction of sp³-hybridized carbons (Fsp3) is 0.706. The molecular weight excluding hydrogens is 574 g/mol. The second-order valence-corrected chi connectivity index (χ2v) is 13.5. The van der Waals surface area contributed by atoms with Crippen LogP contribution in [0.3, 0.4) is 0 Å². The van der Waals surface area contributed by atoms with E-state index in [1.165, 1.54) is 11.0 Å². The third-order valence-electron chi connectivity index (χ3n) is 10.1. The molecule has 2 saturated carbocycles. The van der Waals surface area contributed by atoms with Gasteiger partial charge in [0.1, 0.15) is 12.1 Å². The maximum absolute atomic E-state index is 14.1. The lowest BCUT2D eigenvalue weighted by atomic mass is 9.81. The second kappa shape index (κ2) is 15.2. The van der Waals surface area contributed by atoms with Gasteiger partial charge in [-0.05, 0) is 50.0 Å². The zero-order valence-corrected chi connectivity index (χ0v) is 26.3. The summed E-state index contributed by atoms with van der Waals surface area (Å²) in [7, 11) is 0. The minimum atomic E-state index is -0.997. The number of carbonyl (C=O) groups is 6. The van der Waals surface area contributed by atoms with Gasteiger partial charge >= 0.3 is 6.03 Å². The standard InChI is InChI=1S/C34H49N5O6/c1-2-18-35-32(43)30(41)25-14-10-5-3-4-6-11-15-26(33(44)39-20-23-19-24(23)28(39)31(42)36-25)37-34(45)38-27(29(40)22-16-17-22)21-12-8-7-9-13-21/h2,19,21-23,25-28H,1,3-18,20H2,(H,35,43)(H,36,42)(H2,37,38,45)/t23-,25-,26-,27-,28-/m0/s1. The summed E-state index contributed by atoms with van der Waals surface area (Å²) < 4.78 is 0. The largest absolute Gasteiger partial charge is 0.346 e. The molecule has 246 valence electrons. The number of ketones is 2. The van der Waals surface area contributed by atoms with Crippen molar-refractivity contribution in [1.29, 1.82) is 0 Å². The van der Waals surface area contributed by atoms with Crippen molar-refractivity contribution in [2.45, 2.75) is 120 Å². The molecule has 5 aliphatic rings. The van der Waals surface area contributed by atoms with Crippen molar-refractivity contribution in [3.8, 4) is 0 Å². The number of fused-ring (bicyclic) bond motifs is 3. The van der Waals surface area contributed by atoms with Crippen LogP contribution in [0.4, 0.5) is 4.79 Å². The molecule has 5 amide bonds. The summed E-state index contributed by atoms with van der Waals surface area (Å²) in [5.41, 5.74) is 0.822. The van der Waals surface area contributed by atoms with E-state index in [4.69, 9.17) is 0 Å². The highest BCUT2D eigenvalue weighted by molar-refractivity contribution is 6.38. The van der Waals surface area contributed by atoms with E-state index in [1.54, 1.807) is 0 Å². The van der Waals surface area contributed by atoms with Crippen LogP contribution >= 0.6 is 0 Å². The SMILES string of the molecule is C=CCNC(=O)C(=O)[C@@H]1CCCCCCCC[C@H](NC(=O)N[C@H](C(=O)C2CC2)C2CCCCC2)C(=O)N2C[C@@H]3C=C3[C@H]2C(=O)N1. The lowest BCUT2D eigenvalue weighted by Gasteiger charge is -2.32. The van der Waals surface area contributed by atoms with Crippen LogP contribution < -0.4 is 21.3 Å². The Bertz CT molecular complexity index is 1210. The first-order valence-corrected chi connectivity index (χ1v) is 17.1. The first kappa shape index (κ1) is 32.9. The molecule has 0 aromatic heterocycles. The number of carbonyl (C=O) groups excluding carboxylic acids is 6. The highest BCUT2D eigenvalue weighted by atomic mass is 16.2. The first-order valence-electron chi connectivity index (χ1n) is 17.1. The van der Waals surface area contributed by atoms with E-state index in [0.29, 0.717) is 25.8 Å². The Morgan fingerprint density at radius 2 is 1.56 bits per heavy atom. The smallest absolute Gasteiger partial charge is 0.316 e. The number of hydrogen-bond acceptors (Lipinski definition) is 6. The average molecular weight is 624 g/mol. The normalized spacial score (nSPS) is 28.5. The van der Waals surface area contributed by atoms with E-state index in [1.807, 2.05) is 6.08 Å². The summed E-state index contributed by atoms with van der Waals surface area (Å²) >= 11 is 0. The molecule has 11 heteroatoms. The molecule has 0 aromatic rings. The molecule has 2 aliphatic heterocycles. The molecule has 45 heavy (non-hydrogen) atoms. The quantitative estimate of drug-likeness (QED) is 0.229. The van der Waals surface area contributed by atoms with Gasteiger partial charge in [0.15, 0.2) is 5.78 Å². The molecule has 11 nitrogen and oxygen atoms in total. The Hall–Kier alpha value is -3.50. The molecule has 0 aromatic carbocycles. The van der Waals surface area contributed by atoms with E-state index >= 15 is 0 Å². The minimum absolute atomic E-state index is 0.00468. The third-order valence-corrected chi connectivity index (χ3v) is 10.1. The molecule has 0 radical (unpaired) electrons. The number of urea groups is 1. The van der Waals surface area contributed by atoms with Gasteiger partial charge < -0.3 is 26.2 Å². The van der Waals surface area contributed by atoms with E-state index in [9.17, 15) is 28.8 Å². The van der Waals surface area contributed by atoms with E-state index < -0.39 is 47.8 Å². The van der Waals surface area contributed by atoms with Gasteiger partial charge in [-0.15, -0.1) is 6.58 Å². The van der Waals surface area contributed by atoms with Crippen LogP contribution in [-0.4, -0.2) is 77.5 Å². The summed E-state index contributed by atoms with van der Waals surface area (Å²) in [5, 5.41) is 11.2. The molecule has 2 heterocycles. The summed E-state index contributed by atoms with van der Waals surface area (Å²) in [6.07, 6.45) is 15.9. The van der Waals surface area contributed by atoms with Crippen LogP contribution in [0.1, 0.15) is 96.3 Å². The summed E-state index contributed by atoms with van der Waals surface area (Å²) in [6, 6.07) is -3.80. The predicted molar refractivity (Wildman–Crippen MR) is 168 cm³/mol. The lowest BCUT2D eigenvalue weighted by molar-refractivity contribution is -0.142. The molecule has 0 bridgehead atoms. The Morgan fingerprint density at radius 3 is 2.24 bits per heavy atom. The van der Waals surface area contributed by atoms with Gasteiger partial charge in [-0.25, -0.2) is 4.79 Å². The van der Waals surface area contributed by atoms with Gasteiger partial charge in [-0.3, -0.25) is 24.0 Å². The van der Waals surface area contributed by atoms with Gasteiger partial charge in [0.2, 0.25) is 17.6 Å². The highest BCUT2D eigenvalue weighted by Gasteiger charge is 2.51. The molecular formula is C34H49N5O6. The maximum atomic E-state index is 14.1. The molecule has 2 saturated heterocycles. The van der Waals surface area contributed by atoms with Crippen LogP contribution in [-0.2, 0) is 24.0 Å². The Kier molecular flexibility index (Phi) is 11.1. The van der Waals surface area contributed by atoms with Crippen molar-refractivity contribution in [2.24, 2.45) is 17.8 Å². The molecule has 4 fully saturated rings. The Labute approximate surface area is 265 Å². The van der Waals surface area contributed by atoms with Gasteiger partial charge in [-0.2, -0.15) is 0 Å². The van der Waals surface area contributed by atoms with Crippen molar-refractivity contribution in [1.82, 2.24) is 26.2 Å². The molecule has 0 unspecified atom stereocenters. The van der Waals surface area contributed by atoms with E-state index in [2.05, 4.69) is 27.8 Å². The fourth-order valence-corrected chi connectivity index (χ4v) is 7.29. The molecule has 4 N–H and O–H groups in total. The number of rotatable bonds is 9. The zero-order chi connectivity index (χ0) is 31.9. The molecule has 5 rings (SSSR count). The van der Waals surface area contributed by atoms with Gasteiger partial charge in [0, 0.05) is 24.9 Å². The Morgan fingerprint density at radius 1 is 0.911 bits per heavy atom.